The Morgan fingerprint density at radius 2 is 1.82 bits per heavy atom. The van der Waals surface area contributed by atoms with Gasteiger partial charge in [0.05, 0.1) is 0 Å². The minimum Gasteiger partial charge on any atom is -0.323 e. The summed E-state index contributed by atoms with van der Waals surface area (Å²) in [6.07, 6.45) is 0. The summed E-state index contributed by atoms with van der Waals surface area (Å²) in [4.78, 5) is 18.9. The van der Waals surface area contributed by atoms with Crippen molar-refractivity contribution in [3.05, 3.63) is 70.2 Å². The molecule has 0 bridgehead atoms. The van der Waals surface area contributed by atoms with Crippen LogP contribution in [0.5, 0.6) is 0 Å². The average Bonchev–Trinajstić information content (AvgIpc) is 2.43. The van der Waals surface area contributed by atoms with E-state index in [4.69, 9.17) is 11.6 Å². The van der Waals surface area contributed by atoms with Crippen LogP contribution in [0.15, 0.2) is 42.5 Å². The summed E-state index contributed by atoms with van der Waals surface area (Å²) in [6.45, 7) is 0.0639. The zero-order chi connectivity index (χ0) is 16.3. The Hall–Kier alpha value is -1.30. The summed E-state index contributed by atoms with van der Waals surface area (Å²) >= 11 is 5.97. The van der Waals surface area contributed by atoms with Crippen molar-refractivity contribution >= 4 is 19.2 Å². The van der Waals surface area contributed by atoms with Crippen molar-refractivity contribution < 1.29 is 23.1 Å². The van der Waals surface area contributed by atoms with Crippen LogP contribution in [-0.2, 0) is 11.1 Å². The van der Waals surface area contributed by atoms with Crippen molar-refractivity contribution in [1.29, 1.82) is 0 Å². The van der Waals surface area contributed by atoms with Crippen LogP contribution in [0.3, 0.4) is 0 Å². The van der Waals surface area contributed by atoms with Crippen LogP contribution >= 0.6 is 19.2 Å². The molecular weight excluding hydrogens is 335 g/mol. The topological polar surface area (TPSA) is 69.6 Å². The molecule has 1 atom stereocenters. The van der Waals surface area contributed by atoms with Crippen molar-refractivity contribution in [2.75, 3.05) is 0 Å². The van der Waals surface area contributed by atoms with Gasteiger partial charge < -0.3 is 9.79 Å². The van der Waals surface area contributed by atoms with Gasteiger partial charge in [-0.05, 0) is 29.3 Å². The monoisotopic (exact) mass is 347 g/mol. The molecule has 0 aromatic heterocycles. The van der Waals surface area contributed by atoms with E-state index >= 15 is 0 Å². The van der Waals surface area contributed by atoms with Gasteiger partial charge in [0.25, 0.3) is 0 Å². The molecule has 0 fully saturated rings. The Labute approximate surface area is 130 Å². The van der Waals surface area contributed by atoms with Crippen LogP contribution in [0.2, 0.25) is 5.02 Å². The van der Waals surface area contributed by atoms with E-state index in [1.54, 1.807) is 24.3 Å². The first kappa shape index (κ1) is 17.1. The second kappa shape index (κ2) is 6.86. The zero-order valence-electron chi connectivity index (χ0n) is 11.2. The lowest BCUT2D eigenvalue weighted by Crippen LogP contribution is -2.21. The second-order valence-electron chi connectivity index (χ2n) is 4.64. The summed E-state index contributed by atoms with van der Waals surface area (Å²) in [5.74, 6) is -3.71. The maximum atomic E-state index is 13.3. The Kier molecular flexibility index (Phi) is 5.32. The lowest BCUT2D eigenvalue weighted by atomic mass is 10.2. The molecule has 2 aromatic rings. The van der Waals surface area contributed by atoms with Crippen LogP contribution in [0.1, 0.15) is 16.9 Å². The van der Waals surface area contributed by atoms with E-state index < -0.39 is 25.0 Å². The predicted molar refractivity (Wildman–Crippen MR) is 79.4 cm³/mol. The molecule has 0 aliphatic heterocycles. The lowest BCUT2D eigenvalue weighted by Gasteiger charge is -2.21. The molecule has 1 unspecified atom stereocenters. The fourth-order valence-electron chi connectivity index (χ4n) is 1.96. The number of rotatable bonds is 5. The van der Waals surface area contributed by atoms with Crippen LogP contribution in [0.4, 0.5) is 8.78 Å². The molecule has 4 nitrogen and oxygen atoms in total. The van der Waals surface area contributed by atoms with Crippen LogP contribution in [-0.4, -0.2) is 9.79 Å². The first-order valence-corrected chi connectivity index (χ1v) is 8.32. The molecule has 3 N–H and O–H groups in total. The molecule has 0 heterocycles. The molecule has 0 saturated heterocycles. The van der Waals surface area contributed by atoms with Gasteiger partial charge >= 0.3 is 7.60 Å². The van der Waals surface area contributed by atoms with Crippen molar-refractivity contribution in [3.8, 4) is 0 Å². The summed E-state index contributed by atoms with van der Waals surface area (Å²) in [5, 5.41) is 3.08. The molecule has 118 valence electrons. The third kappa shape index (κ3) is 4.12. The highest BCUT2D eigenvalue weighted by molar-refractivity contribution is 7.52. The third-order valence-corrected chi connectivity index (χ3v) is 4.56. The molecule has 0 saturated carbocycles. The van der Waals surface area contributed by atoms with Crippen LogP contribution in [0, 0.1) is 11.6 Å². The number of benzene rings is 2. The average molecular weight is 348 g/mol. The van der Waals surface area contributed by atoms with E-state index in [0.29, 0.717) is 10.6 Å². The first-order chi connectivity index (χ1) is 10.3. The summed E-state index contributed by atoms with van der Waals surface area (Å²) < 4.78 is 37.9. The van der Waals surface area contributed by atoms with Gasteiger partial charge in [-0.25, -0.2) is 8.78 Å². The van der Waals surface area contributed by atoms with Crippen molar-refractivity contribution in [1.82, 2.24) is 5.32 Å². The molecule has 0 radical (unpaired) electrons. The maximum Gasteiger partial charge on any atom is 0.346 e. The zero-order valence-corrected chi connectivity index (χ0v) is 12.9. The number of halogens is 3. The minimum absolute atomic E-state index is 0.0423. The fourth-order valence-corrected chi connectivity index (χ4v) is 3.04. The molecule has 8 heteroatoms. The van der Waals surface area contributed by atoms with E-state index in [2.05, 4.69) is 5.32 Å². The van der Waals surface area contributed by atoms with Gasteiger partial charge in [0.2, 0.25) is 0 Å². The van der Waals surface area contributed by atoms with Gasteiger partial charge in [-0.2, -0.15) is 0 Å². The maximum absolute atomic E-state index is 13.3. The first-order valence-electron chi connectivity index (χ1n) is 6.26. The number of nitrogens with one attached hydrogen (secondary N) is 1. The third-order valence-electron chi connectivity index (χ3n) is 3.04. The molecule has 2 aromatic carbocycles. The molecule has 0 spiro atoms. The lowest BCUT2D eigenvalue weighted by molar-refractivity contribution is 0.347. The van der Waals surface area contributed by atoms with Gasteiger partial charge in [-0.3, -0.25) is 9.88 Å². The number of hydrogen-bond donors (Lipinski definition) is 3. The minimum atomic E-state index is -4.63. The molecular formula is C14H13ClF2NO3P. The van der Waals surface area contributed by atoms with Gasteiger partial charge in [0.15, 0.2) is 11.6 Å². The summed E-state index contributed by atoms with van der Waals surface area (Å²) in [6, 6.07) is 9.50. The standard InChI is InChI=1S/C14H13ClF2NO3P/c15-11-4-2-1-3-10(11)8-18-14(22(19,20)21)9-5-6-12(16)13(17)7-9/h1-7,14,18H,8H2,(H2,19,20,21). The molecule has 0 aliphatic rings. The predicted octanol–water partition coefficient (Wildman–Crippen LogP) is 3.58. The van der Waals surface area contributed by atoms with E-state index in [9.17, 15) is 23.1 Å². The summed E-state index contributed by atoms with van der Waals surface area (Å²) in [5.41, 5.74) is 0.587. The van der Waals surface area contributed by atoms with E-state index in [-0.39, 0.29) is 12.1 Å². The highest BCUT2D eigenvalue weighted by atomic mass is 35.5. The SMILES string of the molecule is O=P(O)(O)C(NCc1ccccc1Cl)c1ccc(F)c(F)c1. The molecule has 2 rings (SSSR count). The van der Waals surface area contributed by atoms with E-state index in [1.807, 2.05) is 0 Å². The van der Waals surface area contributed by atoms with Crippen LogP contribution < -0.4 is 5.32 Å². The van der Waals surface area contributed by atoms with E-state index in [1.165, 1.54) is 0 Å². The van der Waals surface area contributed by atoms with Crippen molar-refractivity contribution in [3.63, 3.8) is 0 Å². The number of hydrogen-bond acceptors (Lipinski definition) is 2. The highest BCUT2D eigenvalue weighted by Crippen LogP contribution is 2.50. The Morgan fingerprint density at radius 1 is 1.14 bits per heavy atom. The summed E-state index contributed by atoms with van der Waals surface area (Å²) in [7, 11) is -4.63. The smallest absolute Gasteiger partial charge is 0.323 e. The van der Waals surface area contributed by atoms with Crippen molar-refractivity contribution in [2.24, 2.45) is 0 Å². The Morgan fingerprint density at radius 3 is 2.41 bits per heavy atom. The van der Waals surface area contributed by atoms with Gasteiger partial charge in [-0.15, -0.1) is 0 Å². The second-order valence-corrected chi connectivity index (χ2v) is 6.74. The fraction of sp³-hybridized carbons (Fsp3) is 0.143. The van der Waals surface area contributed by atoms with Gasteiger partial charge in [-0.1, -0.05) is 35.9 Å². The normalized spacial score (nSPS) is 13.1. The van der Waals surface area contributed by atoms with Gasteiger partial charge in [0.1, 0.15) is 5.78 Å². The van der Waals surface area contributed by atoms with Crippen LogP contribution in [0.25, 0.3) is 0 Å². The quantitative estimate of drug-likeness (QED) is 0.723. The Bertz CT molecular complexity index is 723. The molecule has 0 aliphatic carbocycles. The molecule has 22 heavy (non-hydrogen) atoms. The highest BCUT2D eigenvalue weighted by Gasteiger charge is 2.30. The Balaban J connectivity index is 2.26. The van der Waals surface area contributed by atoms with E-state index in [0.717, 1.165) is 18.2 Å². The largest absolute Gasteiger partial charge is 0.346 e. The molecule has 0 amide bonds. The van der Waals surface area contributed by atoms with Gasteiger partial charge in [0, 0.05) is 11.6 Å². The van der Waals surface area contributed by atoms with Crippen molar-refractivity contribution in [2.45, 2.75) is 12.3 Å².